The second-order valence-corrected chi connectivity index (χ2v) is 5.15. The monoisotopic (exact) mass is 275 g/mol. The lowest BCUT2D eigenvalue weighted by molar-refractivity contribution is 0.360. The summed E-state index contributed by atoms with van der Waals surface area (Å²) in [4.78, 5) is 4.37. The van der Waals surface area contributed by atoms with Gasteiger partial charge in [0, 0.05) is 6.42 Å². The first-order valence-corrected chi connectivity index (χ1v) is 6.82. The van der Waals surface area contributed by atoms with E-state index in [1.807, 2.05) is 24.3 Å². The molecule has 5 heteroatoms. The summed E-state index contributed by atoms with van der Waals surface area (Å²) in [5, 5.41) is 7.28. The number of hydrogen-bond donors (Lipinski definition) is 1. The third-order valence-electron chi connectivity index (χ3n) is 2.86. The minimum Gasteiger partial charge on any atom is -0.497 e. The van der Waals surface area contributed by atoms with E-state index in [4.69, 9.17) is 9.26 Å². The second kappa shape index (κ2) is 7.05. The molecule has 1 N–H and O–H groups in total. The van der Waals surface area contributed by atoms with E-state index in [1.54, 1.807) is 7.11 Å². The highest BCUT2D eigenvalue weighted by Crippen LogP contribution is 2.13. The van der Waals surface area contributed by atoms with Crippen LogP contribution in [0.15, 0.2) is 28.8 Å². The topological polar surface area (TPSA) is 60.2 Å². The van der Waals surface area contributed by atoms with Crippen LogP contribution in [-0.2, 0) is 13.0 Å². The van der Waals surface area contributed by atoms with Crippen LogP contribution in [0.3, 0.4) is 0 Å². The number of ether oxygens (including phenoxy) is 1. The molecular weight excluding hydrogens is 254 g/mol. The molecular formula is C15H21N3O2. The van der Waals surface area contributed by atoms with Gasteiger partial charge in [0.15, 0.2) is 5.82 Å². The van der Waals surface area contributed by atoms with Crippen LogP contribution in [0.2, 0.25) is 0 Å². The number of methoxy groups -OCH3 is 1. The molecule has 0 aliphatic heterocycles. The highest BCUT2D eigenvalue weighted by atomic mass is 16.5. The van der Waals surface area contributed by atoms with Gasteiger partial charge in [-0.15, -0.1) is 0 Å². The third-order valence-corrected chi connectivity index (χ3v) is 2.86. The maximum atomic E-state index is 5.22. The molecule has 1 heterocycles. The van der Waals surface area contributed by atoms with E-state index >= 15 is 0 Å². The largest absolute Gasteiger partial charge is 0.497 e. The Labute approximate surface area is 119 Å². The molecule has 0 amide bonds. The molecule has 0 fully saturated rings. The zero-order chi connectivity index (χ0) is 14.4. The third kappa shape index (κ3) is 4.35. The van der Waals surface area contributed by atoms with E-state index in [1.165, 1.54) is 0 Å². The summed E-state index contributed by atoms with van der Waals surface area (Å²) < 4.78 is 10.3. The number of nitrogens with zero attached hydrogens (tertiary/aromatic N) is 2. The molecule has 0 aliphatic rings. The van der Waals surface area contributed by atoms with Crippen LogP contribution in [-0.4, -0.2) is 23.8 Å². The average molecular weight is 275 g/mol. The molecule has 0 saturated heterocycles. The molecule has 2 rings (SSSR count). The van der Waals surface area contributed by atoms with E-state index in [-0.39, 0.29) is 0 Å². The van der Waals surface area contributed by atoms with Crippen molar-refractivity contribution in [1.29, 1.82) is 0 Å². The Balaban J connectivity index is 1.88. The molecule has 0 unspecified atom stereocenters. The normalized spacial score (nSPS) is 11.0. The quantitative estimate of drug-likeness (QED) is 0.841. The van der Waals surface area contributed by atoms with E-state index < -0.39 is 0 Å². The van der Waals surface area contributed by atoms with Crippen molar-refractivity contribution in [2.24, 2.45) is 5.92 Å². The first-order chi connectivity index (χ1) is 9.67. The van der Waals surface area contributed by atoms with Crippen LogP contribution in [0, 0.1) is 5.92 Å². The standard InChI is InChI=1S/C15H21N3O2/c1-11(2)9-16-10-15-17-14(18-20-15)8-12-4-6-13(19-3)7-5-12/h4-7,11,16H,8-10H2,1-3H3. The maximum Gasteiger partial charge on any atom is 0.240 e. The lowest BCUT2D eigenvalue weighted by atomic mass is 10.1. The molecule has 0 atom stereocenters. The molecule has 5 nitrogen and oxygen atoms in total. The molecule has 0 spiro atoms. The molecule has 0 aliphatic carbocycles. The van der Waals surface area contributed by atoms with Gasteiger partial charge in [-0.25, -0.2) is 0 Å². The lowest BCUT2D eigenvalue weighted by Gasteiger charge is -2.03. The van der Waals surface area contributed by atoms with Crippen LogP contribution < -0.4 is 10.1 Å². The van der Waals surface area contributed by atoms with Crippen molar-refractivity contribution >= 4 is 0 Å². The fourth-order valence-electron chi connectivity index (χ4n) is 1.83. The summed E-state index contributed by atoms with van der Waals surface area (Å²) in [6.07, 6.45) is 0.664. The highest BCUT2D eigenvalue weighted by molar-refractivity contribution is 5.28. The highest BCUT2D eigenvalue weighted by Gasteiger charge is 2.07. The fourth-order valence-corrected chi connectivity index (χ4v) is 1.83. The van der Waals surface area contributed by atoms with Crippen molar-refractivity contribution in [2.75, 3.05) is 13.7 Å². The van der Waals surface area contributed by atoms with Crippen LogP contribution >= 0.6 is 0 Å². The van der Waals surface area contributed by atoms with Gasteiger partial charge in [-0.05, 0) is 30.2 Å². The Kier molecular flexibility index (Phi) is 5.12. The first-order valence-electron chi connectivity index (χ1n) is 6.82. The Bertz CT molecular complexity index is 520. The number of aromatic nitrogens is 2. The second-order valence-electron chi connectivity index (χ2n) is 5.15. The smallest absolute Gasteiger partial charge is 0.240 e. The molecule has 0 bridgehead atoms. The van der Waals surface area contributed by atoms with Gasteiger partial charge >= 0.3 is 0 Å². The number of rotatable bonds is 7. The van der Waals surface area contributed by atoms with Gasteiger partial charge in [-0.1, -0.05) is 31.1 Å². The summed E-state index contributed by atoms with van der Waals surface area (Å²) in [5.41, 5.74) is 1.13. The molecule has 2 aromatic rings. The van der Waals surface area contributed by atoms with E-state index in [9.17, 15) is 0 Å². The Morgan fingerprint density at radius 1 is 1.25 bits per heavy atom. The van der Waals surface area contributed by atoms with Crippen molar-refractivity contribution in [3.8, 4) is 5.75 Å². The van der Waals surface area contributed by atoms with Gasteiger partial charge < -0.3 is 14.6 Å². The minimum absolute atomic E-state index is 0.608. The molecule has 1 aromatic carbocycles. The lowest BCUT2D eigenvalue weighted by Crippen LogP contribution is -2.19. The summed E-state index contributed by atoms with van der Waals surface area (Å²) in [7, 11) is 1.66. The molecule has 20 heavy (non-hydrogen) atoms. The summed E-state index contributed by atoms with van der Waals surface area (Å²) in [5.74, 6) is 2.79. The van der Waals surface area contributed by atoms with Crippen molar-refractivity contribution in [1.82, 2.24) is 15.5 Å². The van der Waals surface area contributed by atoms with Crippen LogP contribution in [0.5, 0.6) is 5.75 Å². The zero-order valence-corrected chi connectivity index (χ0v) is 12.2. The summed E-state index contributed by atoms with van der Waals surface area (Å²) in [6, 6.07) is 7.87. The maximum absolute atomic E-state index is 5.22. The van der Waals surface area contributed by atoms with Crippen molar-refractivity contribution in [3.05, 3.63) is 41.5 Å². The van der Waals surface area contributed by atoms with E-state index in [2.05, 4.69) is 29.3 Å². The number of hydrogen-bond acceptors (Lipinski definition) is 5. The van der Waals surface area contributed by atoms with Crippen molar-refractivity contribution in [2.45, 2.75) is 26.8 Å². The Hall–Kier alpha value is -1.88. The number of nitrogens with one attached hydrogen (secondary N) is 1. The molecule has 0 saturated carbocycles. The van der Waals surface area contributed by atoms with Gasteiger partial charge in [-0.2, -0.15) is 4.98 Å². The van der Waals surface area contributed by atoms with Gasteiger partial charge in [-0.3, -0.25) is 0 Å². The average Bonchev–Trinajstić information content (AvgIpc) is 2.87. The van der Waals surface area contributed by atoms with Crippen molar-refractivity contribution < 1.29 is 9.26 Å². The predicted octanol–water partition coefficient (Wildman–Crippen LogP) is 2.41. The van der Waals surface area contributed by atoms with E-state index in [0.29, 0.717) is 30.6 Å². The summed E-state index contributed by atoms with van der Waals surface area (Å²) >= 11 is 0. The van der Waals surface area contributed by atoms with Gasteiger partial charge in [0.1, 0.15) is 5.75 Å². The van der Waals surface area contributed by atoms with Crippen molar-refractivity contribution in [3.63, 3.8) is 0 Å². The Morgan fingerprint density at radius 3 is 2.65 bits per heavy atom. The Morgan fingerprint density at radius 2 is 2.00 bits per heavy atom. The van der Waals surface area contributed by atoms with Gasteiger partial charge in [0.2, 0.25) is 5.89 Å². The predicted molar refractivity (Wildman–Crippen MR) is 76.6 cm³/mol. The van der Waals surface area contributed by atoms with Gasteiger partial charge in [0.05, 0.1) is 13.7 Å². The minimum atomic E-state index is 0.608. The van der Waals surface area contributed by atoms with Gasteiger partial charge in [0.25, 0.3) is 0 Å². The molecule has 1 aromatic heterocycles. The SMILES string of the molecule is COc1ccc(Cc2noc(CNCC(C)C)n2)cc1. The first kappa shape index (κ1) is 14.5. The molecule has 108 valence electrons. The zero-order valence-electron chi connectivity index (χ0n) is 12.2. The van der Waals surface area contributed by atoms with Crippen LogP contribution in [0.4, 0.5) is 0 Å². The summed E-state index contributed by atoms with van der Waals surface area (Å²) in [6.45, 7) is 5.88. The van der Waals surface area contributed by atoms with Crippen LogP contribution in [0.1, 0.15) is 31.1 Å². The van der Waals surface area contributed by atoms with E-state index in [0.717, 1.165) is 17.9 Å². The fraction of sp³-hybridized carbons (Fsp3) is 0.467. The number of benzene rings is 1. The van der Waals surface area contributed by atoms with Crippen LogP contribution in [0.25, 0.3) is 0 Å². The molecule has 0 radical (unpaired) electrons.